The summed E-state index contributed by atoms with van der Waals surface area (Å²) in [6, 6.07) is 13.3. The van der Waals surface area contributed by atoms with E-state index in [0.717, 1.165) is 0 Å². The third-order valence-electron chi connectivity index (χ3n) is 4.82. The molecule has 0 radical (unpaired) electrons. The fourth-order valence-electron chi connectivity index (χ4n) is 3.10. The highest BCUT2D eigenvalue weighted by Crippen LogP contribution is 2.33. The fourth-order valence-corrected chi connectivity index (χ4v) is 3.52. The highest BCUT2D eigenvalue weighted by molar-refractivity contribution is 6.33. The molecule has 0 atom stereocenters. The van der Waals surface area contributed by atoms with Crippen molar-refractivity contribution in [1.82, 2.24) is 10.9 Å². The standard InChI is InChI=1S/C23H14Cl2N6O7/c24-19-5-1-13(30(33)34)9-17(19)21-7-3-15(37-21)11-26-28-23(32)29-27-12-16-4-8-22(38-16)18-10-14(31(35)36)2-6-20(18)25/h1-12H,(H2,28,29,32)/b26-11+,27-12?. The molecule has 38 heavy (non-hydrogen) atoms. The molecule has 192 valence electrons. The molecule has 15 heteroatoms. The van der Waals surface area contributed by atoms with Crippen molar-refractivity contribution in [1.29, 1.82) is 0 Å². The van der Waals surface area contributed by atoms with Crippen LogP contribution in [0.3, 0.4) is 0 Å². The number of nitrogens with one attached hydrogen (secondary N) is 2. The maximum Gasteiger partial charge on any atom is 0.355 e. The van der Waals surface area contributed by atoms with Crippen LogP contribution >= 0.6 is 23.2 Å². The molecule has 0 unspecified atom stereocenters. The summed E-state index contributed by atoms with van der Waals surface area (Å²) < 4.78 is 11.1. The number of nitrogens with zero attached hydrogens (tertiary/aromatic N) is 4. The molecule has 0 aliphatic rings. The molecule has 0 aliphatic carbocycles. The van der Waals surface area contributed by atoms with E-state index >= 15 is 0 Å². The maximum atomic E-state index is 11.9. The first-order valence-corrected chi connectivity index (χ1v) is 11.2. The normalized spacial score (nSPS) is 11.2. The van der Waals surface area contributed by atoms with Gasteiger partial charge in [-0.05, 0) is 36.4 Å². The molecule has 0 fully saturated rings. The molecular weight excluding hydrogens is 543 g/mol. The maximum absolute atomic E-state index is 11.9. The summed E-state index contributed by atoms with van der Waals surface area (Å²) >= 11 is 12.2. The summed E-state index contributed by atoms with van der Waals surface area (Å²) in [6.45, 7) is 0. The quantitative estimate of drug-likeness (QED) is 0.152. The second-order valence-electron chi connectivity index (χ2n) is 7.32. The molecule has 13 nitrogen and oxygen atoms in total. The second-order valence-corrected chi connectivity index (χ2v) is 8.13. The van der Waals surface area contributed by atoms with Gasteiger partial charge in [0.2, 0.25) is 0 Å². The highest BCUT2D eigenvalue weighted by Gasteiger charge is 2.15. The van der Waals surface area contributed by atoms with Crippen LogP contribution in [0, 0.1) is 20.2 Å². The Morgan fingerprint density at radius 1 is 0.737 bits per heavy atom. The molecule has 0 saturated heterocycles. The lowest BCUT2D eigenvalue weighted by molar-refractivity contribution is -0.385. The molecule has 4 rings (SSSR count). The van der Waals surface area contributed by atoms with Gasteiger partial charge in [0.25, 0.3) is 11.4 Å². The summed E-state index contributed by atoms with van der Waals surface area (Å²) in [6.07, 6.45) is 2.42. The third-order valence-corrected chi connectivity index (χ3v) is 5.48. The Bertz CT molecular complexity index is 1480. The molecule has 4 aromatic rings. The SMILES string of the molecule is O=C(NN=Cc1ccc(-c2cc([N+](=O)[O-])ccc2Cl)o1)N/N=C/c1ccc(-c2cc([N+](=O)[O-])ccc2Cl)o1. The van der Waals surface area contributed by atoms with Crippen molar-refractivity contribution in [3.8, 4) is 22.6 Å². The number of amides is 2. The van der Waals surface area contributed by atoms with E-state index in [9.17, 15) is 25.0 Å². The number of nitro groups is 2. The van der Waals surface area contributed by atoms with Crippen molar-refractivity contribution in [3.05, 3.63) is 102 Å². The number of furan rings is 2. The Morgan fingerprint density at radius 2 is 1.16 bits per heavy atom. The number of hydrogen-bond acceptors (Lipinski definition) is 9. The summed E-state index contributed by atoms with van der Waals surface area (Å²) in [5.41, 5.74) is 4.72. The van der Waals surface area contributed by atoms with Crippen molar-refractivity contribution in [2.45, 2.75) is 0 Å². The molecule has 2 aromatic carbocycles. The Balaban J connectivity index is 1.33. The molecule has 0 aliphatic heterocycles. The third kappa shape index (κ3) is 6.21. The van der Waals surface area contributed by atoms with E-state index < -0.39 is 15.9 Å². The molecular formula is C23H14Cl2N6O7. The van der Waals surface area contributed by atoms with Gasteiger partial charge < -0.3 is 8.83 Å². The number of hydrazone groups is 2. The Morgan fingerprint density at radius 3 is 1.55 bits per heavy atom. The predicted molar refractivity (Wildman–Crippen MR) is 138 cm³/mol. The first kappa shape index (κ1) is 26.1. The van der Waals surface area contributed by atoms with Crippen LogP contribution in [0.25, 0.3) is 22.6 Å². The van der Waals surface area contributed by atoms with Crippen molar-refractivity contribution in [2.24, 2.45) is 10.2 Å². The van der Waals surface area contributed by atoms with E-state index in [1.54, 1.807) is 12.1 Å². The zero-order chi connectivity index (χ0) is 27.2. The largest absolute Gasteiger partial charge is 0.455 e. The van der Waals surface area contributed by atoms with Gasteiger partial charge in [0.15, 0.2) is 0 Å². The van der Waals surface area contributed by atoms with E-state index in [2.05, 4.69) is 21.1 Å². The van der Waals surface area contributed by atoms with E-state index in [4.69, 9.17) is 32.0 Å². The van der Waals surface area contributed by atoms with Gasteiger partial charge in [-0.3, -0.25) is 20.2 Å². The first-order chi connectivity index (χ1) is 18.2. The van der Waals surface area contributed by atoms with Gasteiger partial charge in [-0.15, -0.1) is 0 Å². The highest BCUT2D eigenvalue weighted by atomic mass is 35.5. The summed E-state index contributed by atoms with van der Waals surface area (Å²) in [5, 5.41) is 30.0. The second kappa shape index (κ2) is 11.4. The van der Waals surface area contributed by atoms with Gasteiger partial charge in [0, 0.05) is 35.4 Å². The number of nitro benzene ring substituents is 2. The van der Waals surface area contributed by atoms with Crippen LogP contribution in [0.1, 0.15) is 11.5 Å². The van der Waals surface area contributed by atoms with Crippen LogP contribution in [0.15, 0.2) is 79.7 Å². The molecule has 2 aromatic heterocycles. The van der Waals surface area contributed by atoms with Crippen molar-refractivity contribution >= 4 is 53.0 Å². The number of benzene rings is 2. The van der Waals surface area contributed by atoms with Crippen LogP contribution in [-0.4, -0.2) is 28.3 Å². The molecule has 0 saturated carbocycles. The van der Waals surface area contributed by atoms with Crippen LogP contribution in [0.4, 0.5) is 16.2 Å². The van der Waals surface area contributed by atoms with Crippen molar-refractivity contribution < 1.29 is 23.5 Å². The molecule has 0 bridgehead atoms. The molecule has 2 heterocycles. The lowest BCUT2D eigenvalue weighted by atomic mass is 10.1. The Hall–Kier alpha value is -5.01. The average molecular weight is 557 g/mol. The molecule has 2 amide bonds. The minimum atomic E-state index is -0.778. The smallest absolute Gasteiger partial charge is 0.355 e. The number of rotatable bonds is 8. The topological polar surface area (TPSA) is 178 Å². The van der Waals surface area contributed by atoms with Gasteiger partial charge in [0.05, 0.1) is 32.3 Å². The number of hydrogen-bond donors (Lipinski definition) is 2. The summed E-state index contributed by atoms with van der Waals surface area (Å²) in [4.78, 5) is 32.8. The van der Waals surface area contributed by atoms with E-state index in [1.807, 2.05) is 0 Å². The van der Waals surface area contributed by atoms with Gasteiger partial charge in [0.1, 0.15) is 23.0 Å². The zero-order valence-electron chi connectivity index (χ0n) is 18.8. The molecule has 0 spiro atoms. The van der Waals surface area contributed by atoms with Gasteiger partial charge in [-0.2, -0.15) is 10.2 Å². The predicted octanol–water partition coefficient (Wildman–Crippen LogP) is 6.00. The Kier molecular flexibility index (Phi) is 7.80. The van der Waals surface area contributed by atoms with Crippen LogP contribution in [-0.2, 0) is 0 Å². The lowest BCUT2D eigenvalue weighted by Crippen LogP contribution is -2.28. The van der Waals surface area contributed by atoms with E-state index in [-0.39, 0.29) is 44.5 Å². The van der Waals surface area contributed by atoms with Crippen molar-refractivity contribution in [3.63, 3.8) is 0 Å². The van der Waals surface area contributed by atoms with E-state index in [0.29, 0.717) is 11.1 Å². The zero-order valence-corrected chi connectivity index (χ0v) is 20.3. The van der Waals surface area contributed by atoms with Gasteiger partial charge >= 0.3 is 6.03 Å². The number of non-ortho nitro benzene ring substituents is 2. The molecule has 2 N–H and O–H groups in total. The number of carbonyl (C=O) groups is 1. The fraction of sp³-hybridized carbons (Fsp3) is 0. The number of carbonyl (C=O) groups excluding carboxylic acids is 1. The minimum Gasteiger partial charge on any atom is -0.455 e. The first-order valence-electron chi connectivity index (χ1n) is 10.4. The van der Waals surface area contributed by atoms with E-state index in [1.165, 1.54) is 61.0 Å². The monoisotopic (exact) mass is 556 g/mol. The minimum absolute atomic E-state index is 0.145. The van der Waals surface area contributed by atoms with Crippen molar-refractivity contribution in [2.75, 3.05) is 0 Å². The van der Waals surface area contributed by atoms with Crippen LogP contribution in [0.5, 0.6) is 0 Å². The Labute approximate surface area is 222 Å². The van der Waals surface area contributed by atoms with Gasteiger partial charge in [-0.25, -0.2) is 15.6 Å². The van der Waals surface area contributed by atoms with Crippen LogP contribution < -0.4 is 10.9 Å². The van der Waals surface area contributed by atoms with Crippen LogP contribution in [0.2, 0.25) is 10.0 Å². The summed E-state index contributed by atoms with van der Waals surface area (Å²) in [7, 11) is 0. The lowest BCUT2D eigenvalue weighted by Gasteiger charge is -2.00. The average Bonchev–Trinajstić information content (AvgIpc) is 3.54. The van der Waals surface area contributed by atoms with Gasteiger partial charge in [-0.1, -0.05) is 23.2 Å². The summed E-state index contributed by atoms with van der Waals surface area (Å²) in [5.74, 6) is 1.04. The number of urea groups is 1. The number of halogens is 2.